The lowest BCUT2D eigenvalue weighted by molar-refractivity contribution is 0.247. The van der Waals surface area contributed by atoms with Crippen LogP contribution in [0.15, 0.2) is 0 Å². The summed E-state index contributed by atoms with van der Waals surface area (Å²) in [5, 5.41) is 6.34. The topological polar surface area (TPSA) is 41.1 Å². The first-order chi connectivity index (χ1) is 4.77. The van der Waals surface area contributed by atoms with Crippen LogP contribution in [-0.2, 0) is 0 Å². The van der Waals surface area contributed by atoms with Crippen LogP contribution in [0.1, 0.15) is 6.92 Å². The molecular formula is C6H10N2OS. The quantitative estimate of drug-likeness (QED) is 0.493. The van der Waals surface area contributed by atoms with E-state index in [2.05, 4.69) is 17.6 Å². The smallest absolute Gasteiger partial charge is 0.315 e. The van der Waals surface area contributed by atoms with Crippen LogP contribution in [0.3, 0.4) is 0 Å². The summed E-state index contributed by atoms with van der Waals surface area (Å²) >= 11 is 1.91. The fourth-order valence-electron chi connectivity index (χ4n) is 1.50. The van der Waals surface area contributed by atoms with Gasteiger partial charge in [0.15, 0.2) is 0 Å². The third-order valence-corrected chi connectivity index (χ3v) is 3.46. The van der Waals surface area contributed by atoms with Crippen molar-refractivity contribution in [2.45, 2.75) is 24.3 Å². The summed E-state index contributed by atoms with van der Waals surface area (Å²) in [6.45, 7) is 2.16. The highest BCUT2D eigenvalue weighted by Gasteiger charge is 2.40. The molecule has 0 radical (unpaired) electrons. The van der Waals surface area contributed by atoms with E-state index >= 15 is 0 Å². The number of urea groups is 1. The first-order valence-corrected chi connectivity index (χ1v) is 4.51. The van der Waals surface area contributed by atoms with Gasteiger partial charge in [-0.1, -0.05) is 6.92 Å². The van der Waals surface area contributed by atoms with E-state index in [4.69, 9.17) is 0 Å². The second-order valence-electron chi connectivity index (χ2n) is 2.79. The van der Waals surface area contributed by atoms with E-state index in [1.165, 1.54) is 0 Å². The normalized spacial score (nSPS) is 44.5. The first-order valence-electron chi connectivity index (χ1n) is 3.46. The number of carbonyl (C=O) groups excluding carboxylic acids is 1. The second kappa shape index (κ2) is 2.05. The van der Waals surface area contributed by atoms with Gasteiger partial charge in [0, 0.05) is 11.0 Å². The van der Waals surface area contributed by atoms with Gasteiger partial charge in [-0.15, -0.1) is 0 Å². The zero-order chi connectivity index (χ0) is 7.14. The molecule has 0 bridgehead atoms. The number of hydrogen-bond donors (Lipinski definition) is 2. The molecule has 0 aromatic heterocycles. The molecule has 2 amide bonds. The minimum Gasteiger partial charge on any atom is -0.332 e. The molecule has 0 saturated carbocycles. The Kier molecular flexibility index (Phi) is 1.30. The summed E-state index contributed by atoms with van der Waals surface area (Å²) in [5.41, 5.74) is 0. The molecule has 2 heterocycles. The molecule has 4 heteroatoms. The van der Waals surface area contributed by atoms with Gasteiger partial charge >= 0.3 is 6.03 Å². The highest BCUT2D eigenvalue weighted by Crippen LogP contribution is 2.28. The van der Waals surface area contributed by atoms with E-state index in [1.807, 2.05) is 11.8 Å². The minimum atomic E-state index is 0.00199. The monoisotopic (exact) mass is 158 g/mol. The molecule has 0 aromatic rings. The van der Waals surface area contributed by atoms with E-state index < -0.39 is 0 Å². The third-order valence-electron chi connectivity index (χ3n) is 2.09. The van der Waals surface area contributed by atoms with Gasteiger partial charge in [-0.3, -0.25) is 0 Å². The molecule has 3 atom stereocenters. The van der Waals surface area contributed by atoms with Crippen molar-refractivity contribution in [3.8, 4) is 0 Å². The van der Waals surface area contributed by atoms with Gasteiger partial charge in [-0.25, -0.2) is 4.79 Å². The van der Waals surface area contributed by atoms with Crippen LogP contribution in [0.5, 0.6) is 0 Å². The van der Waals surface area contributed by atoms with E-state index in [0.717, 1.165) is 5.75 Å². The lowest BCUT2D eigenvalue weighted by Crippen LogP contribution is -2.35. The molecule has 2 N–H and O–H groups in total. The molecule has 2 aliphatic rings. The number of hydrogen-bond acceptors (Lipinski definition) is 2. The largest absolute Gasteiger partial charge is 0.332 e. The lowest BCUT2D eigenvalue weighted by atomic mass is 10.1. The van der Waals surface area contributed by atoms with E-state index in [-0.39, 0.29) is 6.03 Å². The van der Waals surface area contributed by atoms with E-state index in [1.54, 1.807) is 0 Å². The molecule has 56 valence electrons. The summed E-state index contributed by atoms with van der Waals surface area (Å²) in [6, 6.07) is 0.757. The van der Waals surface area contributed by atoms with Crippen molar-refractivity contribution in [2.24, 2.45) is 0 Å². The van der Waals surface area contributed by atoms with Gasteiger partial charge < -0.3 is 10.6 Å². The van der Waals surface area contributed by atoms with Gasteiger partial charge in [0.1, 0.15) is 0 Å². The van der Waals surface area contributed by atoms with Gasteiger partial charge in [0.25, 0.3) is 0 Å². The molecule has 0 aromatic carbocycles. The van der Waals surface area contributed by atoms with Gasteiger partial charge in [-0.2, -0.15) is 11.8 Å². The predicted octanol–water partition coefficient (Wildman–Crippen LogP) is 0.172. The van der Waals surface area contributed by atoms with Crippen LogP contribution in [0.2, 0.25) is 0 Å². The van der Waals surface area contributed by atoms with Crippen molar-refractivity contribution >= 4 is 17.8 Å². The highest BCUT2D eigenvalue weighted by molar-refractivity contribution is 8.00. The third kappa shape index (κ3) is 0.785. The van der Waals surface area contributed by atoms with Crippen LogP contribution >= 0.6 is 11.8 Å². The van der Waals surface area contributed by atoms with Crippen LogP contribution in [0.25, 0.3) is 0 Å². The molecular weight excluding hydrogens is 148 g/mol. The minimum absolute atomic E-state index is 0.00199. The van der Waals surface area contributed by atoms with Crippen LogP contribution < -0.4 is 10.6 Å². The molecule has 2 rings (SSSR count). The van der Waals surface area contributed by atoms with E-state index in [0.29, 0.717) is 17.3 Å². The first kappa shape index (κ1) is 6.34. The SMILES string of the molecule is C[C@@H]1SC[C@@H]2NC(=O)N[C@@H]21. The van der Waals surface area contributed by atoms with Crippen molar-refractivity contribution in [2.75, 3.05) is 5.75 Å². The van der Waals surface area contributed by atoms with Crippen molar-refractivity contribution in [1.82, 2.24) is 10.6 Å². The standard InChI is InChI=1S/C6H10N2OS/c1-3-5-4(2-10-3)7-6(9)8-5/h3-5H,2H2,1H3,(H2,7,8,9)/t3-,4-,5+/m0/s1. The molecule has 0 unspecified atom stereocenters. The summed E-state index contributed by atoms with van der Waals surface area (Å²) in [4.78, 5) is 10.8. The Hall–Kier alpha value is -0.380. The number of amides is 2. The Morgan fingerprint density at radius 3 is 3.10 bits per heavy atom. The molecule has 2 saturated heterocycles. The Labute approximate surface area is 63.9 Å². The Morgan fingerprint density at radius 2 is 2.40 bits per heavy atom. The lowest BCUT2D eigenvalue weighted by Gasteiger charge is -2.09. The zero-order valence-corrected chi connectivity index (χ0v) is 6.57. The van der Waals surface area contributed by atoms with Gasteiger partial charge in [0.2, 0.25) is 0 Å². The predicted molar refractivity (Wildman–Crippen MR) is 41.2 cm³/mol. The summed E-state index contributed by atoms with van der Waals surface area (Å²) < 4.78 is 0. The maximum Gasteiger partial charge on any atom is 0.315 e. The molecule has 10 heavy (non-hydrogen) atoms. The Balaban J connectivity index is 2.12. The number of carbonyl (C=O) groups is 1. The number of nitrogens with one attached hydrogen (secondary N) is 2. The van der Waals surface area contributed by atoms with E-state index in [9.17, 15) is 4.79 Å². The Bertz CT molecular complexity index is 173. The summed E-state index contributed by atoms with van der Waals surface area (Å²) in [7, 11) is 0. The number of thioether (sulfide) groups is 1. The van der Waals surface area contributed by atoms with Crippen molar-refractivity contribution in [1.29, 1.82) is 0 Å². The molecule has 2 aliphatic heterocycles. The summed E-state index contributed by atoms with van der Waals surface area (Å²) in [6.07, 6.45) is 0. The molecule has 3 nitrogen and oxygen atoms in total. The molecule has 0 spiro atoms. The summed E-state index contributed by atoms with van der Waals surface area (Å²) in [5.74, 6) is 1.06. The average molecular weight is 158 g/mol. The molecule has 2 fully saturated rings. The number of rotatable bonds is 0. The average Bonchev–Trinajstić information content (AvgIpc) is 2.35. The van der Waals surface area contributed by atoms with Gasteiger partial charge in [-0.05, 0) is 0 Å². The van der Waals surface area contributed by atoms with Gasteiger partial charge in [0.05, 0.1) is 12.1 Å². The number of fused-ring (bicyclic) bond motifs is 1. The Morgan fingerprint density at radius 1 is 1.60 bits per heavy atom. The van der Waals surface area contributed by atoms with Crippen LogP contribution in [0.4, 0.5) is 4.79 Å². The second-order valence-corrected chi connectivity index (χ2v) is 4.20. The fraction of sp³-hybridized carbons (Fsp3) is 0.833. The molecule has 0 aliphatic carbocycles. The van der Waals surface area contributed by atoms with Crippen molar-refractivity contribution in [3.05, 3.63) is 0 Å². The van der Waals surface area contributed by atoms with Crippen LogP contribution in [-0.4, -0.2) is 29.1 Å². The van der Waals surface area contributed by atoms with Crippen molar-refractivity contribution < 1.29 is 4.79 Å². The maximum atomic E-state index is 10.8. The van der Waals surface area contributed by atoms with Crippen molar-refractivity contribution in [3.63, 3.8) is 0 Å². The zero-order valence-electron chi connectivity index (χ0n) is 5.76. The highest BCUT2D eigenvalue weighted by atomic mass is 32.2. The maximum absolute atomic E-state index is 10.8. The fourth-order valence-corrected chi connectivity index (χ4v) is 2.77. The van der Waals surface area contributed by atoms with Crippen LogP contribution in [0, 0.1) is 0 Å².